The highest BCUT2D eigenvalue weighted by Gasteiger charge is 2.01. The molecule has 84 valence electrons. The number of halogens is 1. The zero-order valence-electron chi connectivity index (χ0n) is 8.69. The number of aromatic nitrogens is 2. The predicted molar refractivity (Wildman–Crippen MR) is 71.2 cm³/mol. The second-order valence-corrected chi connectivity index (χ2v) is 5.16. The average Bonchev–Trinajstić information content (AvgIpc) is 2.89. The molecule has 2 rings (SSSR count). The Bertz CT molecular complexity index is 475. The lowest BCUT2D eigenvalue weighted by Crippen LogP contribution is -2.11. The van der Waals surface area contributed by atoms with E-state index in [0.717, 1.165) is 18.7 Å². The first-order chi connectivity index (χ1) is 7.79. The summed E-state index contributed by atoms with van der Waals surface area (Å²) in [5.41, 5.74) is 1.16. The monoisotopic (exact) mass is 297 g/mol. The molecule has 0 saturated heterocycles. The summed E-state index contributed by atoms with van der Waals surface area (Å²) in [6.45, 7) is 5.34. The third-order valence-electron chi connectivity index (χ3n) is 2.15. The Morgan fingerprint density at radius 2 is 2.44 bits per heavy atom. The molecule has 3 nitrogen and oxygen atoms in total. The fraction of sp³-hybridized carbons (Fsp3) is 0.182. The van der Waals surface area contributed by atoms with Gasteiger partial charge in [0.05, 0.1) is 6.20 Å². The lowest BCUT2D eigenvalue weighted by molar-refractivity contribution is 0.699. The van der Waals surface area contributed by atoms with Crippen LogP contribution in [0, 0.1) is 0 Å². The first-order valence-electron chi connectivity index (χ1n) is 4.88. The Balaban J connectivity index is 1.84. The van der Waals surface area contributed by atoms with Gasteiger partial charge in [-0.05, 0) is 27.4 Å². The normalized spacial score (nSPS) is 10.6. The van der Waals surface area contributed by atoms with Gasteiger partial charge in [0.1, 0.15) is 0 Å². The Hall–Kier alpha value is -0.910. The number of nitrogens with one attached hydrogen (secondary N) is 1. The number of rotatable bonds is 5. The first-order valence-corrected chi connectivity index (χ1v) is 6.55. The molecule has 0 aliphatic heterocycles. The summed E-state index contributed by atoms with van der Waals surface area (Å²) in [5, 5.41) is 9.58. The molecule has 2 heterocycles. The molecule has 0 aromatic carbocycles. The molecule has 1 N–H and O–H groups in total. The molecule has 5 heteroatoms. The summed E-state index contributed by atoms with van der Waals surface area (Å²) < 4.78 is 2.88. The maximum Gasteiger partial charge on any atom is 0.0538 e. The molecule has 0 radical (unpaired) electrons. The number of nitrogens with zero attached hydrogens (tertiary/aromatic N) is 2. The van der Waals surface area contributed by atoms with Crippen LogP contribution in [0.1, 0.15) is 10.4 Å². The highest BCUT2D eigenvalue weighted by molar-refractivity contribution is 9.10. The van der Waals surface area contributed by atoms with E-state index in [1.807, 2.05) is 12.4 Å². The molecular formula is C11H12BrN3S. The van der Waals surface area contributed by atoms with Crippen LogP contribution in [-0.4, -0.2) is 9.78 Å². The van der Waals surface area contributed by atoms with Crippen molar-refractivity contribution in [3.63, 3.8) is 0 Å². The highest BCUT2D eigenvalue weighted by atomic mass is 79.9. The van der Waals surface area contributed by atoms with Gasteiger partial charge in [-0.25, -0.2) is 4.68 Å². The summed E-state index contributed by atoms with van der Waals surface area (Å²) >= 11 is 5.26. The van der Waals surface area contributed by atoms with Crippen molar-refractivity contribution in [1.29, 1.82) is 0 Å². The molecule has 0 spiro atoms. The van der Waals surface area contributed by atoms with Gasteiger partial charge in [-0.2, -0.15) is 5.10 Å². The minimum absolute atomic E-state index is 0.818. The third kappa shape index (κ3) is 2.81. The Labute approximate surface area is 107 Å². The number of hydrogen-bond donors (Lipinski definition) is 1. The smallest absolute Gasteiger partial charge is 0.0538 e. The van der Waals surface area contributed by atoms with Gasteiger partial charge in [-0.15, -0.1) is 11.3 Å². The molecule has 16 heavy (non-hydrogen) atoms. The SMILES string of the molecule is C=Cn1cc(CNCc2sccc2Br)cn1. The summed E-state index contributed by atoms with van der Waals surface area (Å²) in [6, 6.07) is 2.07. The van der Waals surface area contributed by atoms with E-state index in [0.29, 0.717) is 0 Å². The molecule has 0 bridgehead atoms. The van der Waals surface area contributed by atoms with E-state index in [-0.39, 0.29) is 0 Å². The third-order valence-corrected chi connectivity index (χ3v) is 4.07. The number of hydrogen-bond acceptors (Lipinski definition) is 3. The van der Waals surface area contributed by atoms with E-state index >= 15 is 0 Å². The minimum atomic E-state index is 0.818. The molecule has 2 aromatic rings. The van der Waals surface area contributed by atoms with Crippen LogP contribution in [0.4, 0.5) is 0 Å². The van der Waals surface area contributed by atoms with Crippen LogP contribution < -0.4 is 5.32 Å². The van der Waals surface area contributed by atoms with Crippen LogP contribution >= 0.6 is 27.3 Å². The molecule has 0 aliphatic carbocycles. The van der Waals surface area contributed by atoms with Crippen LogP contribution in [-0.2, 0) is 13.1 Å². The molecule has 0 saturated carbocycles. The van der Waals surface area contributed by atoms with Crippen molar-refractivity contribution in [1.82, 2.24) is 15.1 Å². The van der Waals surface area contributed by atoms with E-state index in [2.05, 4.69) is 44.4 Å². The van der Waals surface area contributed by atoms with Crippen molar-refractivity contribution < 1.29 is 0 Å². The molecule has 0 fully saturated rings. The van der Waals surface area contributed by atoms with E-state index in [1.165, 1.54) is 9.35 Å². The van der Waals surface area contributed by atoms with Gasteiger partial charge < -0.3 is 5.32 Å². The zero-order chi connectivity index (χ0) is 11.4. The van der Waals surface area contributed by atoms with Crippen molar-refractivity contribution in [2.45, 2.75) is 13.1 Å². The first kappa shape index (κ1) is 11.6. The average molecular weight is 298 g/mol. The summed E-state index contributed by atoms with van der Waals surface area (Å²) in [4.78, 5) is 1.32. The molecule has 0 atom stereocenters. The van der Waals surface area contributed by atoms with Gasteiger partial charge >= 0.3 is 0 Å². The highest BCUT2D eigenvalue weighted by Crippen LogP contribution is 2.22. The van der Waals surface area contributed by atoms with E-state index in [4.69, 9.17) is 0 Å². The Kier molecular flexibility index (Phi) is 3.93. The summed E-state index contributed by atoms with van der Waals surface area (Å²) in [5.74, 6) is 0. The Morgan fingerprint density at radius 1 is 1.56 bits per heavy atom. The standard InChI is InChI=1S/C11H12BrN3S/c1-2-15-8-9(6-14-15)5-13-7-11-10(12)3-4-16-11/h2-4,6,8,13H,1,5,7H2. The maximum atomic E-state index is 4.12. The van der Waals surface area contributed by atoms with E-state index in [9.17, 15) is 0 Å². The van der Waals surface area contributed by atoms with Gasteiger partial charge in [0.25, 0.3) is 0 Å². The van der Waals surface area contributed by atoms with E-state index < -0.39 is 0 Å². The van der Waals surface area contributed by atoms with Gasteiger partial charge in [-0.3, -0.25) is 0 Å². The van der Waals surface area contributed by atoms with E-state index in [1.54, 1.807) is 22.2 Å². The van der Waals surface area contributed by atoms with Crippen molar-refractivity contribution in [3.05, 3.63) is 45.3 Å². The number of thiophene rings is 1. The van der Waals surface area contributed by atoms with Crippen molar-refractivity contribution in [2.24, 2.45) is 0 Å². The van der Waals surface area contributed by atoms with Crippen LogP contribution in [0.5, 0.6) is 0 Å². The summed E-state index contributed by atoms with van der Waals surface area (Å²) in [6.07, 6.45) is 5.49. The largest absolute Gasteiger partial charge is 0.308 e. The molecular weight excluding hydrogens is 286 g/mol. The molecule has 0 amide bonds. The summed E-state index contributed by atoms with van der Waals surface area (Å²) in [7, 11) is 0. The van der Waals surface area contributed by atoms with Crippen LogP contribution in [0.2, 0.25) is 0 Å². The minimum Gasteiger partial charge on any atom is -0.308 e. The second-order valence-electron chi connectivity index (χ2n) is 3.31. The van der Waals surface area contributed by atoms with Crippen LogP contribution in [0.3, 0.4) is 0 Å². The Morgan fingerprint density at radius 3 is 3.06 bits per heavy atom. The molecule has 0 unspecified atom stereocenters. The topological polar surface area (TPSA) is 29.9 Å². The van der Waals surface area contributed by atoms with Gasteiger partial charge in [0.2, 0.25) is 0 Å². The fourth-order valence-corrected chi connectivity index (χ4v) is 2.80. The van der Waals surface area contributed by atoms with Crippen LogP contribution in [0.15, 0.2) is 34.9 Å². The lowest BCUT2D eigenvalue weighted by atomic mass is 10.3. The zero-order valence-corrected chi connectivity index (χ0v) is 11.1. The predicted octanol–water partition coefficient (Wildman–Crippen LogP) is 3.10. The molecule has 0 aliphatic rings. The van der Waals surface area contributed by atoms with Crippen molar-refractivity contribution >= 4 is 33.5 Å². The van der Waals surface area contributed by atoms with Crippen LogP contribution in [0.25, 0.3) is 6.20 Å². The molecule has 2 aromatic heterocycles. The van der Waals surface area contributed by atoms with Crippen molar-refractivity contribution in [3.8, 4) is 0 Å². The fourth-order valence-electron chi connectivity index (χ4n) is 1.34. The lowest BCUT2D eigenvalue weighted by Gasteiger charge is -2.01. The van der Waals surface area contributed by atoms with Gasteiger partial charge in [-0.1, -0.05) is 6.58 Å². The maximum absolute atomic E-state index is 4.12. The second kappa shape index (κ2) is 5.43. The van der Waals surface area contributed by atoms with Crippen molar-refractivity contribution in [2.75, 3.05) is 0 Å². The van der Waals surface area contributed by atoms with Gasteiger partial charge in [0.15, 0.2) is 0 Å². The quantitative estimate of drug-likeness (QED) is 0.919. The van der Waals surface area contributed by atoms with Gasteiger partial charge in [0, 0.05) is 40.4 Å².